The van der Waals surface area contributed by atoms with Crippen LogP contribution >= 0.6 is 22.6 Å². The Kier molecular flexibility index (Phi) is 4.08. The molecular weight excluding hydrogens is 358 g/mol. The Morgan fingerprint density at radius 3 is 2.59 bits per heavy atom. The number of rotatable bonds is 3. The van der Waals surface area contributed by atoms with E-state index in [2.05, 4.69) is 9.72 Å². The number of aromatic nitrogens is 1. The summed E-state index contributed by atoms with van der Waals surface area (Å²) in [5.74, 6) is -0.746. The third-order valence-electron chi connectivity index (χ3n) is 1.68. The second-order valence-corrected chi connectivity index (χ2v) is 3.83. The summed E-state index contributed by atoms with van der Waals surface area (Å²) < 4.78 is 39.4. The van der Waals surface area contributed by atoms with Crippen LogP contribution in [0.15, 0.2) is 6.20 Å². The van der Waals surface area contributed by atoms with E-state index in [1.807, 2.05) is 0 Å². The van der Waals surface area contributed by atoms with Gasteiger partial charge in [-0.15, -0.1) is 13.2 Å². The molecule has 1 aromatic rings. The Bertz CT molecular complexity index is 452. The van der Waals surface area contributed by atoms with Crippen molar-refractivity contribution in [2.75, 3.05) is 0 Å². The van der Waals surface area contributed by atoms with Crippen LogP contribution in [0.4, 0.5) is 18.9 Å². The number of ether oxygens (including phenoxy) is 1. The van der Waals surface area contributed by atoms with Crippen LogP contribution in [-0.4, -0.2) is 16.3 Å². The van der Waals surface area contributed by atoms with Crippen LogP contribution in [0, 0.1) is 13.7 Å². The quantitative estimate of drug-likeness (QED) is 0.504. The van der Waals surface area contributed by atoms with Crippen molar-refractivity contribution in [2.45, 2.75) is 12.9 Å². The van der Waals surface area contributed by atoms with Gasteiger partial charge in [0, 0.05) is 6.54 Å². The molecule has 94 valence electrons. The molecule has 0 atom stereocenters. The predicted molar refractivity (Wildman–Crippen MR) is 58.2 cm³/mol. The van der Waals surface area contributed by atoms with Crippen LogP contribution in [-0.2, 0) is 6.54 Å². The highest BCUT2D eigenvalue weighted by atomic mass is 127. The highest BCUT2D eigenvalue weighted by molar-refractivity contribution is 14.1. The molecular formula is C7H5F3IN3O3. The zero-order chi connectivity index (χ0) is 13.2. The van der Waals surface area contributed by atoms with Gasteiger partial charge in [-0.2, -0.15) is 0 Å². The summed E-state index contributed by atoms with van der Waals surface area (Å²) in [6.45, 7) is -0.286. The smallest absolute Gasteiger partial charge is 0.387 e. The van der Waals surface area contributed by atoms with Crippen molar-refractivity contribution in [2.24, 2.45) is 5.73 Å². The maximum Gasteiger partial charge on any atom is 0.574 e. The largest absolute Gasteiger partial charge is 0.574 e. The van der Waals surface area contributed by atoms with Crippen LogP contribution < -0.4 is 10.5 Å². The minimum Gasteiger partial charge on any atom is -0.387 e. The Morgan fingerprint density at radius 1 is 1.59 bits per heavy atom. The number of nitrogens with two attached hydrogens (primary N) is 1. The number of nitrogens with zero attached hydrogens (tertiary/aromatic N) is 2. The summed E-state index contributed by atoms with van der Waals surface area (Å²) in [5, 5.41) is 10.6. The van der Waals surface area contributed by atoms with Gasteiger partial charge in [-0.05, 0) is 22.6 Å². The first kappa shape index (κ1) is 13.9. The van der Waals surface area contributed by atoms with Crippen molar-refractivity contribution in [1.29, 1.82) is 0 Å². The van der Waals surface area contributed by atoms with Crippen LogP contribution in [0.3, 0.4) is 0 Å². The maximum atomic E-state index is 12.0. The van der Waals surface area contributed by atoms with Crippen LogP contribution in [0.5, 0.6) is 5.88 Å². The van der Waals surface area contributed by atoms with E-state index < -0.39 is 22.9 Å². The van der Waals surface area contributed by atoms with Gasteiger partial charge in [0.1, 0.15) is 6.20 Å². The highest BCUT2D eigenvalue weighted by Crippen LogP contribution is 2.32. The molecule has 17 heavy (non-hydrogen) atoms. The SMILES string of the molecule is NCc1c([N+](=O)[O-])cnc(OC(F)(F)F)c1I. The molecule has 1 rings (SSSR count). The van der Waals surface area contributed by atoms with Crippen molar-refractivity contribution in [3.05, 3.63) is 25.4 Å². The molecule has 0 radical (unpaired) electrons. The first-order valence-electron chi connectivity index (χ1n) is 4.04. The molecule has 0 spiro atoms. The highest BCUT2D eigenvalue weighted by Gasteiger charge is 2.34. The molecule has 0 saturated carbocycles. The Balaban J connectivity index is 3.25. The first-order valence-corrected chi connectivity index (χ1v) is 5.11. The maximum absolute atomic E-state index is 12.0. The Hall–Kier alpha value is -1.17. The monoisotopic (exact) mass is 363 g/mol. The molecule has 0 aliphatic carbocycles. The van der Waals surface area contributed by atoms with Gasteiger partial charge in [-0.3, -0.25) is 10.1 Å². The standard InChI is InChI=1S/C7H5F3IN3O3/c8-7(9,10)17-6-5(11)3(1-12)4(2-13-6)14(15)16/h2H,1,12H2. The van der Waals surface area contributed by atoms with Crippen molar-refractivity contribution in [1.82, 2.24) is 4.98 Å². The molecule has 0 unspecified atom stereocenters. The lowest BCUT2D eigenvalue weighted by molar-refractivity contribution is -0.386. The summed E-state index contributed by atoms with van der Waals surface area (Å²) in [6.07, 6.45) is -4.22. The van der Waals surface area contributed by atoms with E-state index in [9.17, 15) is 23.3 Å². The molecule has 1 heterocycles. The normalized spacial score (nSPS) is 11.4. The van der Waals surface area contributed by atoms with E-state index in [1.165, 1.54) is 22.6 Å². The van der Waals surface area contributed by atoms with Gasteiger partial charge in [0.05, 0.1) is 14.1 Å². The Labute approximate surface area is 106 Å². The zero-order valence-electron chi connectivity index (χ0n) is 7.99. The molecule has 0 aromatic carbocycles. The average Bonchev–Trinajstić information content (AvgIpc) is 2.18. The average molecular weight is 363 g/mol. The summed E-state index contributed by atoms with van der Waals surface area (Å²) in [5.41, 5.74) is 4.76. The number of hydrogen-bond donors (Lipinski definition) is 1. The fraction of sp³-hybridized carbons (Fsp3) is 0.286. The van der Waals surface area contributed by atoms with Crippen molar-refractivity contribution in [3.8, 4) is 5.88 Å². The van der Waals surface area contributed by atoms with Crippen molar-refractivity contribution >= 4 is 28.3 Å². The molecule has 0 aliphatic rings. The lowest BCUT2D eigenvalue weighted by atomic mass is 10.2. The second-order valence-electron chi connectivity index (χ2n) is 2.75. The third kappa shape index (κ3) is 3.39. The van der Waals surface area contributed by atoms with Gasteiger partial charge in [0.2, 0.25) is 5.88 Å². The summed E-state index contributed by atoms with van der Waals surface area (Å²) in [7, 11) is 0. The summed E-state index contributed by atoms with van der Waals surface area (Å²) in [6, 6.07) is 0. The fourth-order valence-electron chi connectivity index (χ4n) is 1.03. The molecule has 0 fully saturated rings. The van der Waals surface area contributed by atoms with E-state index in [4.69, 9.17) is 5.73 Å². The minimum atomic E-state index is -4.91. The minimum absolute atomic E-state index is 0.0511. The van der Waals surface area contributed by atoms with E-state index in [1.54, 1.807) is 0 Å². The fourth-order valence-corrected chi connectivity index (χ4v) is 1.77. The van der Waals surface area contributed by atoms with Gasteiger partial charge in [-0.25, -0.2) is 4.98 Å². The lowest BCUT2D eigenvalue weighted by Crippen LogP contribution is -2.19. The molecule has 0 saturated heterocycles. The molecule has 2 N–H and O–H groups in total. The molecule has 1 aromatic heterocycles. The zero-order valence-corrected chi connectivity index (χ0v) is 10.2. The number of pyridine rings is 1. The van der Waals surface area contributed by atoms with Crippen LogP contribution in [0.25, 0.3) is 0 Å². The Morgan fingerprint density at radius 2 is 2.18 bits per heavy atom. The third-order valence-corrected chi connectivity index (χ3v) is 2.79. The van der Waals surface area contributed by atoms with Crippen molar-refractivity contribution < 1.29 is 22.8 Å². The predicted octanol–water partition coefficient (Wildman–Crippen LogP) is 1.95. The molecule has 10 heteroatoms. The van der Waals surface area contributed by atoms with E-state index in [-0.39, 0.29) is 15.7 Å². The topological polar surface area (TPSA) is 91.3 Å². The molecule has 0 bridgehead atoms. The summed E-state index contributed by atoms with van der Waals surface area (Å²) in [4.78, 5) is 13.1. The van der Waals surface area contributed by atoms with Gasteiger partial charge in [-0.1, -0.05) is 0 Å². The summed E-state index contributed by atoms with van der Waals surface area (Å²) >= 11 is 1.47. The van der Waals surface area contributed by atoms with Gasteiger partial charge >= 0.3 is 6.36 Å². The number of halogens is 4. The molecule has 0 aliphatic heterocycles. The number of alkyl halides is 3. The first-order chi connectivity index (χ1) is 7.76. The van der Waals surface area contributed by atoms with Crippen molar-refractivity contribution in [3.63, 3.8) is 0 Å². The van der Waals surface area contributed by atoms with E-state index in [0.29, 0.717) is 6.20 Å². The van der Waals surface area contributed by atoms with Crippen LogP contribution in [0.1, 0.15) is 5.56 Å². The van der Waals surface area contributed by atoms with E-state index >= 15 is 0 Å². The van der Waals surface area contributed by atoms with Gasteiger partial charge < -0.3 is 10.5 Å². The number of nitro groups is 1. The van der Waals surface area contributed by atoms with E-state index in [0.717, 1.165) is 0 Å². The van der Waals surface area contributed by atoms with Gasteiger partial charge in [0.15, 0.2) is 0 Å². The molecule has 6 nitrogen and oxygen atoms in total. The molecule has 0 amide bonds. The second kappa shape index (κ2) is 5.00. The van der Waals surface area contributed by atoms with Gasteiger partial charge in [0.25, 0.3) is 5.69 Å². The lowest BCUT2D eigenvalue weighted by Gasteiger charge is -2.11. The number of hydrogen-bond acceptors (Lipinski definition) is 5. The van der Waals surface area contributed by atoms with Crippen LogP contribution in [0.2, 0.25) is 0 Å².